The topological polar surface area (TPSA) is 165 Å². The van der Waals surface area contributed by atoms with Gasteiger partial charge in [0, 0.05) is 0 Å². The Morgan fingerprint density at radius 1 is 0.500 bits per heavy atom. The molecule has 0 aliphatic rings. The van der Waals surface area contributed by atoms with E-state index in [-0.39, 0.29) is 9.46 Å². The second-order valence-corrected chi connectivity index (χ2v) is 11.4. The minimum atomic E-state index is -4.43. The van der Waals surface area contributed by atoms with Crippen molar-refractivity contribution in [3.63, 3.8) is 0 Å². The predicted molar refractivity (Wildman–Crippen MR) is 136 cm³/mol. The third kappa shape index (κ3) is 4.62. The quantitative estimate of drug-likeness (QED) is 0.251. The molecule has 0 aliphatic heterocycles. The Bertz CT molecular complexity index is 1890. The summed E-state index contributed by atoms with van der Waals surface area (Å²) in [5.41, 5.74) is -4.02. The van der Waals surface area contributed by atoms with Crippen LogP contribution in [0.5, 0.6) is 0 Å². The summed E-state index contributed by atoms with van der Waals surface area (Å²) in [6.07, 6.45) is 0. The van der Waals surface area contributed by atoms with E-state index in [9.17, 15) is 36.0 Å². The van der Waals surface area contributed by atoms with Crippen molar-refractivity contribution in [2.75, 3.05) is 0 Å². The van der Waals surface area contributed by atoms with Crippen LogP contribution in [-0.2, 0) is 31.7 Å². The molecular formula is C24H16N2O10S2. The smallest absolute Gasteiger partial charge is 0.280 e. The highest BCUT2D eigenvalue weighted by molar-refractivity contribution is 7.86. The zero-order chi connectivity index (χ0) is 27.2. The SMILES string of the molecule is O=c1c2cc3c(=O)n(OS(=O)(=O)Cc4ccccc4)c(=O)c3cc2c(=O)n1OS(=O)(=O)Cc1ccccc1. The average molecular weight is 557 g/mol. The van der Waals surface area contributed by atoms with E-state index in [1.54, 1.807) is 36.4 Å². The molecule has 0 saturated carbocycles. The van der Waals surface area contributed by atoms with Gasteiger partial charge in [-0.3, -0.25) is 27.7 Å². The van der Waals surface area contributed by atoms with E-state index in [2.05, 4.69) is 0 Å². The second-order valence-electron chi connectivity index (χ2n) is 8.28. The van der Waals surface area contributed by atoms with Gasteiger partial charge >= 0.3 is 20.2 Å². The van der Waals surface area contributed by atoms with Gasteiger partial charge in [-0.05, 0) is 23.3 Å². The van der Waals surface area contributed by atoms with Crippen LogP contribution < -0.4 is 30.8 Å². The van der Waals surface area contributed by atoms with E-state index in [0.29, 0.717) is 11.1 Å². The molecule has 0 atom stereocenters. The molecule has 38 heavy (non-hydrogen) atoms. The number of hydrogen-bond acceptors (Lipinski definition) is 10. The Morgan fingerprint density at radius 3 is 1.08 bits per heavy atom. The van der Waals surface area contributed by atoms with Gasteiger partial charge in [0.1, 0.15) is 11.5 Å². The molecule has 0 saturated heterocycles. The van der Waals surface area contributed by atoms with Crippen molar-refractivity contribution in [2.24, 2.45) is 0 Å². The fourth-order valence-electron chi connectivity index (χ4n) is 3.90. The van der Waals surface area contributed by atoms with Crippen LogP contribution in [0.1, 0.15) is 11.1 Å². The second kappa shape index (κ2) is 9.08. The van der Waals surface area contributed by atoms with E-state index in [1.807, 2.05) is 0 Å². The van der Waals surface area contributed by atoms with Crippen LogP contribution in [-0.4, -0.2) is 26.3 Å². The summed E-state index contributed by atoms with van der Waals surface area (Å²) < 4.78 is 59.4. The number of hydrogen-bond donors (Lipinski definition) is 0. The summed E-state index contributed by atoms with van der Waals surface area (Å²) >= 11 is 0. The van der Waals surface area contributed by atoms with Gasteiger partial charge in [-0.2, -0.15) is 16.8 Å². The van der Waals surface area contributed by atoms with Crippen molar-refractivity contribution < 1.29 is 25.4 Å². The highest BCUT2D eigenvalue weighted by Gasteiger charge is 2.25. The fourth-order valence-corrected chi connectivity index (χ4v) is 5.93. The molecular weight excluding hydrogens is 540 g/mol. The molecule has 2 aromatic heterocycles. The van der Waals surface area contributed by atoms with Crippen LogP contribution in [0.3, 0.4) is 0 Å². The van der Waals surface area contributed by atoms with Crippen molar-refractivity contribution >= 4 is 41.8 Å². The average Bonchev–Trinajstić information content (AvgIpc) is 3.23. The molecule has 5 aromatic rings. The molecule has 0 unspecified atom stereocenters. The maximum Gasteiger partial charge on any atom is 0.331 e. The highest BCUT2D eigenvalue weighted by atomic mass is 32.2. The summed E-state index contributed by atoms with van der Waals surface area (Å²) in [4.78, 5) is 51.3. The molecule has 0 N–H and O–H groups in total. The van der Waals surface area contributed by atoms with E-state index in [4.69, 9.17) is 8.57 Å². The molecule has 194 valence electrons. The lowest BCUT2D eigenvalue weighted by Crippen LogP contribution is -2.36. The van der Waals surface area contributed by atoms with Gasteiger partial charge in [-0.15, -0.1) is 0 Å². The lowest BCUT2D eigenvalue weighted by Gasteiger charge is -2.05. The van der Waals surface area contributed by atoms with Crippen molar-refractivity contribution in [3.05, 3.63) is 125 Å². The van der Waals surface area contributed by atoms with E-state index >= 15 is 0 Å². The number of rotatable bonds is 8. The minimum Gasteiger partial charge on any atom is -0.280 e. The molecule has 2 heterocycles. The first-order valence-corrected chi connectivity index (χ1v) is 14.0. The monoisotopic (exact) mass is 556 g/mol. The molecule has 0 amide bonds. The van der Waals surface area contributed by atoms with Crippen LogP contribution in [0.4, 0.5) is 0 Å². The standard InChI is InChI=1S/C24H16N2O10S2/c27-21-17-11-19-20(24(30)26(23(19)29)36-38(33,34)14-16-9-5-2-6-10-16)12-18(17)22(28)25(21)35-37(31,32)13-15-7-3-1-4-8-15/h1-12H,13-14H2. The first-order chi connectivity index (χ1) is 18.0. The lowest BCUT2D eigenvalue weighted by atomic mass is 10.1. The van der Waals surface area contributed by atoms with Crippen molar-refractivity contribution in [3.8, 4) is 0 Å². The molecule has 5 rings (SSSR count). The molecule has 14 heteroatoms. The van der Waals surface area contributed by atoms with Gasteiger partial charge < -0.3 is 0 Å². The van der Waals surface area contributed by atoms with Gasteiger partial charge in [0.25, 0.3) is 22.2 Å². The highest BCUT2D eigenvalue weighted by Crippen LogP contribution is 2.15. The van der Waals surface area contributed by atoms with E-state index in [0.717, 1.165) is 12.1 Å². The summed E-state index contributed by atoms with van der Waals surface area (Å²) in [5.74, 6) is -1.25. The first kappa shape index (κ1) is 25.1. The first-order valence-electron chi connectivity index (χ1n) is 10.8. The summed E-state index contributed by atoms with van der Waals surface area (Å²) in [6, 6.07) is 17.6. The minimum absolute atomic E-state index is 0.0334. The molecule has 0 radical (unpaired) electrons. The normalized spacial score (nSPS) is 12.2. The molecule has 0 spiro atoms. The van der Waals surface area contributed by atoms with Gasteiger partial charge in [-0.25, -0.2) is 0 Å². The van der Waals surface area contributed by atoms with Gasteiger partial charge in [0.05, 0.1) is 21.5 Å². The fraction of sp³-hybridized carbons (Fsp3) is 0.0833. The number of nitrogens with zero attached hydrogens (tertiary/aromatic N) is 2. The third-order valence-electron chi connectivity index (χ3n) is 5.57. The molecule has 3 aromatic carbocycles. The molecule has 0 bridgehead atoms. The van der Waals surface area contributed by atoms with Crippen molar-refractivity contribution in [1.82, 2.24) is 9.46 Å². The van der Waals surface area contributed by atoms with Crippen LogP contribution >= 0.6 is 0 Å². The van der Waals surface area contributed by atoms with Gasteiger partial charge in [0.2, 0.25) is 0 Å². The lowest BCUT2D eigenvalue weighted by molar-refractivity contribution is 0.262. The maximum absolute atomic E-state index is 12.8. The summed E-state index contributed by atoms with van der Waals surface area (Å²) in [7, 11) is -8.87. The Balaban J connectivity index is 1.54. The number of aromatic nitrogens is 2. The Labute approximate surface area is 213 Å². The van der Waals surface area contributed by atoms with Crippen molar-refractivity contribution in [2.45, 2.75) is 11.5 Å². The van der Waals surface area contributed by atoms with Crippen molar-refractivity contribution in [1.29, 1.82) is 0 Å². The molecule has 12 nitrogen and oxygen atoms in total. The molecule has 0 fully saturated rings. The van der Waals surface area contributed by atoms with Crippen LogP contribution in [0, 0.1) is 0 Å². The van der Waals surface area contributed by atoms with Crippen LogP contribution in [0.15, 0.2) is 92.0 Å². The van der Waals surface area contributed by atoms with E-state index < -0.39 is 75.5 Å². The number of fused-ring (bicyclic) bond motifs is 2. The van der Waals surface area contributed by atoms with Crippen LogP contribution in [0.25, 0.3) is 21.5 Å². The Hall–Kier alpha value is -4.56. The summed E-state index contributed by atoms with van der Waals surface area (Å²) in [6.45, 7) is 0. The maximum atomic E-state index is 12.8. The zero-order valence-electron chi connectivity index (χ0n) is 19.1. The predicted octanol–water partition coefficient (Wildman–Crippen LogP) is -0.170. The van der Waals surface area contributed by atoms with Gasteiger partial charge in [0.15, 0.2) is 0 Å². The zero-order valence-corrected chi connectivity index (χ0v) is 20.8. The Morgan fingerprint density at radius 2 is 0.789 bits per heavy atom. The summed E-state index contributed by atoms with van der Waals surface area (Å²) in [5, 5.41) is -1.62. The largest absolute Gasteiger partial charge is 0.331 e. The Kier molecular flexibility index (Phi) is 6.00. The van der Waals surface area contributed by atoms with Crippen LogP contribution in [0.2, 0.25) is 0 Å². The third-order valence-corrected chi connectivity index (χ3v) is 7.69. The van der Waals surface area contributed by atoms with E-state index in [1.165, 1.54) is 24.3 Å². The van der Waals surface area contributed by atoms with Gasteiger partial charge in [-0.1, -0.05) is 70.1 Å². The number of benzene rings is 3. The molecule has 0 aliphatic carbocycles.